The number of fused-ring (bicyclic) bond motifs is 1. The van der Waals surface area contributed by atoms with Crippen LogP contribution in [-0.2, 0) is 0 Å². The molecule has 3 rings (SSSR count). The maximum absolute atomic E-state index is 13.8. The van der Waals surface area contributed by atoms with Gasteiger partial charge in [0.05, 0.1) is 11.9 Å². The first kappa shape index (κ1) is 11.3. The molecule has 94 valence electrons. The number of aromatic nitrogens is 3. The molecule has 0 fully saturated rings. The van der Waals surface area contributed by atoms with Crippen LogP contribution in [0.4, 0.5) is 4.39 Å². The predicted octanol–water partition coefficient (Wildman–Crippen LogP) is 2.23. The SMILES string of the molecule is O=C(O)c1cnn2c(-c3ccccc3F)ccnc12. The van der Waals surface area contributed by atoms with E-state index in [1.807, 2.05) is 0 Å². The highest BCUT2D eigenvalue weighted by Gasteiger charge is 2.16. The van der Waals surface area contributed by atoms with Crippen LogP contribution in [0.2, 0.25) is 0 Å². The monoisotopic (exact) mass is 257 g/mol. The van der Waals surface area contributed by atoms with E-state index in [9.17, 15) is 9.18 Å². The quantitative estimate of drug-likeness (QED) is 0.764. The Kier molecular flexibility index (Phi) is 2.49. The number of nitrogens with zero attached hydrogens (tertiary/aromatic N) is 3. The summed E-state index contributed by atoms with van der Waals surface area (Å²) in [6.07, 6.45) is 2.64. The third kappa shape index (κ3) is 1.74. The number of rotatable bonds is 2. The Morgan fingerprint density at radius 3 is 2.79 bits per heavy atom. The van der Waals surface area contributed by atoms with Crippen LogP contribution in [0.5, 0.6) is 0 Å². The Labute approximate surface area is 107 Å². The summed E-state index contributed by atoms with van der Waals surface area (Å²) in [6.45, 7) is 0. The summed E-state index contributed by atoms with van der Waals surface area (Å²) in [6, 6.07) is 7.81. The summed E-state index contributed by atoms with van der Waals surface area (Å²) in [5.74, 6) is -1.52. The van der Waals surface area contributed by atoms with Gasteiger partial charge in [0, 0.05) is 11.8 Å². The van der Waals surface area contributed by atoms with Crippen molar-refractivity contribution in [2.45, 2.75) is 0 Å². The number of halogens is 1. The van der Waals surface area contributed by atoms with Crippen molar-refractivity contribution in [3.8, 4) is 11.3 Å². The Balaban J connectivity index is 2.32. The van der Waals surface area contributed by atoms with Gasteiger partial charge < -0.3 is 5.11 Å². The molecule has 0 saturated heterocycles. The minimum absolute atomic E-state index is 0.0156. The van der Waals surface area contributed by atoms with Gasteiger partial charge in [0.2, 0.25) is 0 Å². The normalized spacial score (nSPS) is 10.8. The molecule has 0 spiro atoms. The van der Waals surface area contributed by atoms with Crippen LogP contribution in [0.25, 0.3) is 16.9 Å². The topological polar surface area (TPSA) is 67.5 Å². The highest BCUT2D eigenvalue weighted by atomic mass is 19.1. The zero-order valence-electron chi connectivity index (χ0n) is 9.62. The molecule has 5 nitrogen and oxygen atoms in total. The van der Waals surface area contributed by atoms with E-state index in [0.29, 0.717) is 11.3 Å². The molecule has 2 aromatic heterocycles. The molecular weight excluding hydrogens is 249 g/mol. The van der Waals surface area contributed by atoms with Crippen LogP contribution in [-0.4, -0.2) is 25.7 Å². The van der Waals surface area contributed by atoms with Gasteiger partial charge in [-0.1, -0.05) is 12.1 Å². The van der Waals surface area contributed by atoms with Crippen molar-refractivity contribution >= 4 is 11.6 Å². The molecule has 0 atom stereocenters. The molecule has 19 heavy (non-hydrogen) atoms. The summed E-state index contributed by atoms with van der Waals surface area (Å²) in [4.78, 5) is 15.0. The van der Waals surface area contributed by atoms with Crippen LogP contribution >= 0.6 is 0 Å². The number of hydrogen-bond acceptors (Lipinski definition) is 3. The molecule has 0 amide bonds. The average molecular weight is 257 g/mol. The first-order chi connectivity index (χ1) is 9.18. The summed E-state index contributed by atoms with van der Waals surface area (Å²) in [5, 5.41) is 13.0. The van der Waals surface area contributed by atoms with Crippen LogP contribution < -0.4 is 0 Å². The third-order valence-corrected chi connectivity index (χ3v) is 2.78. The molecule has 0 radical (unpaired) electrons. The molecule has 0 aliphatic rings. The largest absolute Gasteiger partial charge is 0.477 e. The maximum atomic E-state index is 13.8. The van der Waals surface area contributed by atoms with Gasteiger partial charge in [-0.25, -0.2) is 18.7 Å². The Hall–Kier alpha value is -2.76. The highest BCUT2D eigenvalue weighted by molar-refractivity contribution is 5.94. The van der Waals surface area contributed by atoms with E-state index in [0.717, 1.165) is 0 Å². The molecule has 3 aromatic rings. The first-order valence-corrected chi connectivity index (χ1v) is 5.49. The van der Waals surface area contributed by atoms with Gasteiger partial charge >= 0.3 is 5.97 Å². The third-order valence-electron chi connectivity index (χ3n) is 2.78. The fourth-order valence-corrected chi connectivity index (χ4v) is 1.92. The van der Waals surface area contributed by atoms with Crippen molar-refractivity contribution in [3.63, 3.8) is 0 Å². The maximum Gasteiger partial charge on any atom is 0.341 e. The molecule has 0 aliphatic carbocycles. The second-order valence-electron chi connectivity index (χ2n) is 3.91. The lowest BCUT2D eigenvalue weighted by Gasteiger charge is -2.05. The van der Waals surface area contributed by atoms with Crippen molar-refractivity contribution in [1.82, 2.24) is 14.6 Å². The van der Waals surface area contributed by atoms with Crippen molar-refractivity contribution in [2.75, 3.05) is 0 Å². The molecule has 2 heterocycles. The van der Waals surface area contributed by atoms with Crippen molar-refractivity contribution in [3.05, 3.63) is 54.1 Å². The number of carbonyl (C=O) groups is 1. The summed E-state index contributed by atoms with van der Waals surface area (Å²) in [5.41, 5.74) is 0.969. The van der Waals surface area contributed by atoms with Gasteiger partial charge in [0.25, 0.3) is 0 Å². The summed E-state index contributed by atoms with van der Waals surface area (Å²) < 4.78 is 15.1. The van der Waals surface area contributed by atoms with Crippen molar-refractivity contribution in [1.29, 1.82) is 0 Å². The molecule has 0 saturated carbocycles. The summed E-state index contributed by atoms with van der Waals surface area (Å²) in [7, 11) is 0. The Morgan fingerprint density at radius 2 is 2.05 bits per heavy atom. The van der Waals surface area contributed by atoms with Gasteiger partial charge in [-0.3, -0.25) is 0 Å². The van der Waals surface area contributed by atoms with E-state index in [1.54, 1.807) is 24.3 Å². The van der Waals surface area contributed by atoms with Crippen LogP contribution in [0.1, 0.15) is 10.4 Å². The van der Waals surface area contributed by atoms with Crippen LogP contribution in [0, 0.1) is 5.82 Å². The Morgan fingerprint density at radius 1 is 1.26 bits per heavy atom. The van der Waals surface area contributed by atoms with Crippen LogP contribution in [0.3, 0.4) is 0 Å². The number of benzene rings is 1. The molecule has 6 heteroatoms. The lowest BCUT2D eigenvalue weighted by atomic mass is 10.1. The number of hydrogen-bond donors (Lipinski definition) is 1. The molecule has 0 unspecified atom stereocenters. The van der Waals surface area contributed by atoms with Gasteiger partial charge in [0.15, 0.2) is 5.65 Å². The second-order valence-corrected chi connectivity index (χ2v) is 3.91. The second kappa shape index (κ2) is 4.16. The fourth-order valence-electron chi connectivity index (χ4n) is 1.92. The standard InChI is InChI=1S/C13H8FN3O2/c14-10-4-2-1-3-8(10)11-5-6-15-12-9(13(18)19)7-16-17(11)12/h1-7H,(H,18,19). The van der Waals surface area contributed by atoms with Crippen LogP contribution in [0.15, 0.2) is 42.7 Å². The van der Waals surface area contributed by atoms with E-state index in [4.69, 9.17) is 5.11 Å². The van der Waals surface area contributed by atoms with Gasteiger partial charge in [-0.2, -0.15) is 5.10 Å². The van der Waals surface area contributed by atoms with Crippen molar-refractivity contribution < 1.29 is 14.3 Å². The predicted molar refractivity (Wildman–Crippen MR) is 65.3 cm³/mol. The molecule has 0 bridgehead atoms. The van der Waals surface area contributed by atoms with Gasteiger partial charge in [0.1, 0.15) is 11.4 Å². The Bertz CT molecular complexity index is 782. The highest BCUT2D eigenvalue weighted by Crippen LogP contribution is 2.23. The molecule has 1 aromatic carbocycles. The van der Waals surface area contributed by atoms with E-state index in [2.05, 4.69) is 10.1 Å². The van der Waals surface area contributed by atoms with E-state index in [-0.39, 0.29) is 11.2 Å². The molecular formula is C13H8FN3O2. The molecule has 1 N–H and O–H groups in total. The number of aromatic carboxylic acids is 1. The minimum atomic E-state index is -1.12. The van der Waals surface area contributed by atoms with E-state index >= 15 is 0 Å². The van der Waals surface area contributed by atoms with Crippen molar-refractivity contribution in [2.24, 2.45) is 0 Å². The average Bonchev–Trinajstić information content (AvgIpc) is 2.83. The number of carboxylic acids is 1. The van der Waals surface area contributed by atoms with Gasteiger partial charge in [-0.05, 0) is 18.2 Å². The summed E-state index contributed by atoms with van der Waals surface area (Å²) >= 11 is 0. The van der Waals surface area contributed by atoms with E-state index in [1.165, 1.54) is 23.0 Å². The smallest absolute Gasteiger partial charge is 0.341 e. The minimum Gasteiger partial charge on any atom is -0.477 e. The number of carboxylic acid groups (broad SMARTS) is 1. The zero-order valence-corrected chi connectivity index (χ0v) is 9.62. The van der Waals surface area contributed by atoms with Gasteiger partial charge in [-0.15, -0.1) is 0 Å². The zero-order chi connectivity index (χ0) is 13.4. The lowest BCUT2D eigenvalue weighted by Crippen LogP contribution is -2.00. The lowest BCUT2D eigenvalue weighted by molar-refractivity contribution is 0.0699. The fraction of sp³-hybridized carbons (Fsp3) is 0. The van der Waals surface area contributed by atoms with E-state index < -0.39 is 11.8 Å². The molecule has 0 aliphatic heterocycles. The first-order valence-electron chi connectivity index (χ1n) is 5.49.